The lowest BCUT2D eigenvalue weighted by atomic mass is 9.75. The first-order chi connectivity index (χ1) is 21.0. The Morgan fingerprint density at radius 1 is 0.800 bits per heavy atom. The SMILES string of the molecule is CC(=O)O[C@@H]1[C@@H](C)/C=C/C(C)(C)[C@H](OC(C)=O)C[C@@H](OC(C)=O)/C(C)=C/[C@H]2[C@@H](OC(=O)c3ccccc3)[C@H](C)C[C@]12OC(C)=O. The average Bonchev–Trinajstić information content (AvgIpc) is 3.18. The molecule has 2 aliphatic carbocycles. The van der Waals surface area contributed by atoms with Crippen molar-refractivity contribution in [3.8, 4) is 0 Å². The van der Waals surface area contributed by atoms with Gasteiger partial charge in [-0.1, -0.05) is 64.1 Å². The Morgan fingerprint density at radius 3 is 1.96 bits per heavy atom. The van der Waals surface area contributed by atoms with Crippen molar-refractivity contribution in [2.75, 3.05) is 0 Å². The third-order valence-electron chi connectivity index (χ3n) is 8.61. The number of hydrogen-bond acceptors (Lipinski definition) is 10. The molecule has 2 aliphatic rings. The van der Waals surface area contributed by atoms with E-state index >= 15 is 0 Å². The molecule has 0 N–H and O–H groups in total. The van der Waals surface area contributed by atoms with Crippen molar-refractivity contribution in [3.63, 3.8) is 0 Å². The first kappa shape index (κ1) is 35.5. The van der Waals surface area contributed by atoms with Gasteiger partial charge in [0.15, 0.2) is 5.60 Å². The lowest BCUT2D eigenvalue weighted by Crippen LogP contribution is -2.55. The number of carbonyl (C=O) groups is 5. The van der Waals surface area contributed by atoms with Gasteiger partial charge in [0.25, 0.3) is 0 Å². The quantitative estimate of drug-likeness (QED) is 0.225. The first-order valence-electron chi connectivity index (χ1n) is 15.3. The summed E-state index contributed by atoms with van der Waals surface area (Å²) in [7, 11) is 0. The van der Waals surface area contributed by atoms with Crippen molar-refractivity contribution in [2.24, 2.45) is 23.2 Å². The maximum absolute atomic E-state index is 13.4. The molecule has 10 heteroatoms. The van der Waals surface area contributed by atoms with E-state index < -0.39 is 77.1 Å². The van der Waals surface area contributed by atoms with Gasteiger partial charge in [-0.05, 0) is 37.0 Å². The van der Waals surface area contributed by atoms with E-state index in [1.165, 1.54) is 27.7 Å². The van der Waals surface area contributed by atoms with Crippen LogP contribution >= 0.6 is 0 Å². The molecule has 0 saturated heterocycles. The van der Waals surface area contributed by atoms with E-state index in [-0.39, 0.29) is 18.8 Å². The third kappa shape index (κ3) is 8.61. The minimum Gasteiger partial charge on any atom is -0.461 e. The summed E-state index contributed by atoms with van der Waals surface area (Å²) in [6, 6.07) is 8.54. The second kappa shape index (κ2) is 14.4. The summed E-state index contributed by atoms with van der Waals surface area (Å²) in [5.74, 6) is -4.43. The highest BCUT2D eigenvalue weighted by atomic mass is 16.6. The molecule has 0 radical (unpaired) electrons. The molecule has 1 aromatic carbocycles. The predicted octanol–water partition coefficient (Wildman–Crippen LogP) is 5.53. The molecule has 10 nitrogen and oxygen atoms in total. The van der Waals surface area contributed by atoms with Crippen molar-refractivity contribution in [3.05, 3.63) is 59.7 Å². The number of esters is 5. The van der Waals surface area contributed by atoms with Crippen LogP contribution in [-0.2, 0) is 42.9 Å². The molecule has 0 spiro atoms. The molecule has 0 aromatic heterocycles. The van der Waals surface area contributed by atoms with Gasteiger partial charge in [0.1, 0.15) is 24.4 Å². The normalized spacial score (nSPS) is 33.0. The fraction of sp³-hybridized carbons (Fsp3) is 0.571. The van der Waals surface area contributed by atoms with Crippen LogP contribution in [0.25, 0.3) is 0 Å². The van der Waals surface area contributed by atoms with Crippen LogP contribution in [0, 0.1) is 23.2 Å². The van der Waals surface area contributed by atoms with Crippen LogP contribution in [-0.4, -0.2) is 59.9 Å². The number of hydrogen-bond donors (Lipinski definition) is 0. The zero-order valence-electron chi connectivity index (χ0n) is 27.7. The molecule has 246 valence electrons. The lowest BCUT2D eigenvalue weighted by Gasteiger charge is -2.43. The number of rotatable bonds is 6. The molecule has 3 rings (SSSR count). The van der Waals surface area contributed by atoms with Crippen LogP contribution < -0.4 is 0 Å². The zero-order valence-corrected chi connectivity index (χ0v) is 27.7. The molecule has 0 bridgehead atoms. The summed E-state index contributed by atoms with van der Waals surface area (Å²) in [6.07, 6.45) is 2.48. The van der Waals surface area contributed by atoms with Crippen molar-refractivity contribution in [2.45, 2.75) is 105 Å². The van der Waals surface area contributed by atoms with Crippen molar-refractivity contribution in [1.82, 2.24) is 0 Å². The first-order valence-corrected chi connectivity index (χ1v) is 15.3. The second-order valence-electron chi connectivity index (χ2n) is 12.9. The Hall–Kier alpha value is -3.95. The average molecular weight is 627 g/mol. The largest absolute Gasteiger partial charge is 0.461 e. The molecule has 1 saturated carbocycles. The Labute approximate surface area is 265 Å². The third-order valence-corrected chi connectivity index (χ3v) is 8.61. The smallest absolute Gasteiger partial charge is 0.338 e. The van der Waals surface area contributed by atoms with Crippen LogP contribution in [0.5, 0.6) is 0 Å². The predicted molar refractivity (Wildman–Crippen MR) is 165 cm³/mol. The Bertz CT molecular complexity index is 1330. The number of ether oxygens (including phenoxy) is 5. The standard InChI is InChI=1S/C35H46O10/c1-20-15-16-34(8,9)30(42-24(5)37)18-29(41-23(4)36)21(2)17-28-31(44-33(40)27-13-11-10-12-14-27)22(3)19-35(28,45-26(7)39)32(20)43-25(6)38/h10-17,20,22,28-32H,18-19H2,1-9H3/b16-15+,21-17+/t20-,22+,28-,29+,30+,31-,32+,35+/m0/s1. The van der Waals surface area contributed by atoms with E-state index in [9.17, 15) is 24.0 Å². The highest BCUT2D eigenvalue weighted by molar-refractivity contribution is 5.89. The summed E-state index contributed by atoms with van der Waals surface area (Å²) >= 11 is 0. The van der Waals surface area contributed by atoms with E-state index in [2.05, 4.69) is 0 Å². The van der Waals surface area contributed by atoms with Gasteiger partial charge in [0.05, 0.1) is 11.5 Å². The van der Waals surface area contributed by atoms with E-state index in [4.69, 9.17) is 23.7 Å². The minimum absolute atomic E-state index is 0.137. The molecule has 0 aliphatic heterocycles. The van der Waals surface area contributed by atoms with Crippen LogP contribution in [0.2, 0.25) is 0 Å². The fourth-order valence-electron chi connectivity index (χ4n) is 6.58. The highest BCUT2D eigenvalue weighted by Gasteiger charge is 2.62. The van der Waals surface area contributed by atoms with Crippen molar-refractivity contribution >= 4 is 29.8 Å². The Balaban J connectivity index is 2.32. The van der Waals surface area contributed by atoms with Crippen molar-refractivity contribution < 1.29 is 47.7 Å². The molecule has 45 heavy (non-hydrogen) atoms. The number of carbonyl (C=O) groups excluding carboxylic acids is 5. The topological polar surface area (TPSA) is 132 Å². The van der Waals surface area contributed by atoms with Gasteiger partial charge in [-0.3, -0.25) is 19.2 Å². The fourth-order valence-corrected chi connectivity index (χ4v) is 6.58. The summed E-state index contributed by atoms with van der Waals surface area (Å²) in [4.78, 5) is 63.4. The van der Waals surface area contributed by atoms with E-state index in [1.807, 2.05) is 39.8 Å². The molecule has 0 amide bonds. The van der Waals surface area contributed by atoms with Crippen LogP contribution in [0.15, 0.2) is 54.1 Å². The van der Waals surface area contributed by atoms with E-state index in [0.29, 0.717) is 11.1 Å². The van der Waals surface area contributed by atoms with Gasteiger partial charge < -0.3 is 23.7 Å². The van der Waals surface area contributed by atoms with Gasteiger partial charge in [0, 0.05) is 45.4 Å². The van der Waals surface area contributed by atoms with Gasteiger partial charge in [-0.25, -0.2) is 4.79 Å². The summed E-state index contributed by atoms with van der Waals surface area (Å²) < 4.78 is 29.9. The molecule has 8 atom stereocenters. The van der Waals surface area contributed by atoms with Crippen LogP contribution in [0.4, 0.5) is 0 Å². The van der Waals surface area contributed by atoms with Gasteiger partial charge in [-0.15, -0.1) is 0 Å². The molecule has 0 heterocycles. The molecule has 1 aromatic rings. The van der Waals surface area contributed by atoms with Gasteiger partial charge in [-0.2, -0.15) is 0 Å². The summed E-state index contributed by atoms with van der Waals surface area (Å²) in [5, 5.41) is 0. The monoisotopic (exact) mass is 626 g/mol. The minimum atomic E-state index is -1.46. The maximum Gasteiger partial charge on any atom is 0.338 e. The highest BCUT2D eigenvalue weighted by Crippen LogP contribution is 2.51. The summed E-state index contributed by atoms with van der Waals surface area (Å²) in [6.45, 7) is 14.5. The second-order valence-corrected chi connectivity index (χ2v) is 12.9. The number of benzene rings is 1. The van der Waals surface area contributed by atoms with E-state index in [1.54, 1.807) is 43.3 Å². The molecule has 1 fully saturated rings. The molecular formula is C35H46O10. The Kier molecular flexibility index (Phi) is 11.4. The summed E-state index contributed by atoms with van der Waals surface area (Å²) in [5.41, 5.74) is -1.29. The van der Waals surface area contributed by atoms with Crippen molar-refractivity contribution in [1.29, 1.82) is 0 Å². The lowest BCUT2D eigenvalue weighted by molar-refractivity contribution is -0.195. The van der Waals surface area contributed by atoms with Gasteiger partial charge >= 0.3 is 29.8 Å². The number of fused-ring (bicyclic) bond motifs is 1. The Morgan fingerprint density at radius 2 is 1.40 bits per heavy atom. The van der Waals surface area contributed by atoms with Crippen LogP contribution in [0.1, 0.15) is 85.5 Å². The zero-order chi connectivity index (χ0) is 33.7. The van der Waals surface area contributed by atoms with Gasteiger partial charge in [0.2, 0.25) is 0 Å². The van der Waals surface area contributed by atoms with Crippen LogP contribution in [0.3, 0.4) is 0 Å². The molecule has 0 unspecified atom stereocenters. The molecular weight excluding hydrogens is 580 g/mol. The maximum atomic E-state index is 13.4. The van der Waals surface area contributed by atoms with E-state index in [0.717, 1.165) is 0 Å².